The minimum Gasteiger partial charge on any atom is -0.473 e. The van der Waals surface area contributed by atoms with Gasteiger partial charge >= 0.3 is 6.09 Å². The van der Waals surface area contributed by atoms with E-state index < -0.39 is 29.6 Å². The minimum absolute atomic E-state index is 0.0183. The summed E-state index contributed by atoms with van der Waals surface area (Å²) in [6.07, 6.45) is -1.37. The molecule has 1 aliphatic rings. The highest BCUT2D eigenvalue weighted by atomic mass is 35.5. The number of benzene rings is 1. The number of aromatic nitrogens is 1. The molecule has 8 heteroatoms. The predicted molar refractivity (Wildman–Crippen MR) is 110 cm³/mol. The van der Waals surface area contributed by atoms with Crippen molar-refractivity contribution < 1.29 is 23.0 Å². The Labute approximate surface area is 179 Å². The summed E-state index contributed by atoms with van der Waals surface area (Å²) in [5.41, 5.74) is 0.261. The molecule has 0 saturated carbocycles. The first kappa shape index (κ1) is 22.3. The molecule has 0 bridgehead atoms. The van der Waals surface area contributed by atoms with Crippen LogP contribution in [0.4, 0.5) is 13.6 Å². The van der Waals surface area contributed by atoms with E-state index in [-0.39, 0.29) is 19.0 Å². The number of piperidine rings is 1. The molecule has 0 N–H and O–H groups in total. The molecule has 5 nitrogen and oxygen atoms in total. The second kappa shape index (κ2) is 9.16. The summed E-state index contributed by atoms with van der Waals surface area (Å²) in [7, 11) is 0. The van der Waals surface area contributed by atoms with Gasteiger partial charge in [-0.05, 0) is 45.4 Å². The lowest BCUT2D eigenvalue weighted by Gasteiger charge is -2.35. The SMILES string of the molecule is CC(C)(C)OC(=O)N1CC[C@H](c2cccc(OCc3ccc(Cl)cc3F)n2)[C@@H](F)C1. The maximum Gasteiger partial charge on any atom is 0.410 e. The van der Waals surface area contributed by atoms with E-state index in [0.29, 0.717) is 29.2 Å². The van der Waals surface area contributed by atoms with Crippen molar-refractivity contribution in [1.29, 1.82) is 0 Å². The van der Waals surface area contributed by atoms with Gasteiger partial charge in [-0.1, -0.05) is 23.7 Å². The average molecular weight is 439 g/mol. The molecule has 1 fully saturated rings. The number of alkyl halides is 1. The summed E-state index contributed by atoms with van der Waals surface area (Å²) in [5, 5.41) is 0.308. The van der Waals surface area contributed by atoms with Gasteiger partial charge in [0.1, 0.15) is 24.2 Å². The van der Waals surface area contributed by atoms with Crippen LogP contribution in [-0.2, 0) is 11.3 Å². The van der Waals surface area contributed by atoms with Gasteiger partial charge in [-0.3, -0.25) is 0 Å². The van der Waals surface area contributed by atoms with Crippen LogP contribution in [0.2, 0.25) is 5.02 Å². The van der Waals surface area contributed by atoms with Crippen molar-refractivity contribution in [3.8, 4) is 5.88 Å². The smallest absolute Gasteiger partial charge is 0.410 e. The normalized spacial score (nSPS) is 19.5. The number of carbonyl (C=O) groups excluding carboxylic acids is 1. The van der Waals surface area contributed by atoms with Gasteiger partial charge in [-0.2, -0.15) is 0 Å². The highest BCUT2D eigenvalue weighted by Crippen LogP contribution is 2.31. The van der Waals surface area contributed by atoms with Crippen LogP contribution in [0.25, 0.3) is 0 Å². The first-order chi connectivity index (χ1) is 14.1. The topological polar surface area (TPSA) is 51.7 Å². The highest BCUT2D eigenvalue weighted by Gasteiger charge is 2.35. The maximum absolute atomic E-state index is 14.9. The van der Waals surface area contributed by atoms with Crippen molar-refractivity contribution >= 4 is 17.7 Å². The maximum atomic E-state index is 14.9. The Bertz CT molecular complexity index is 904. The van der Waals surface area contributed by atoms with Gasteiger partial charge in [-0.15, -0.1) is 0 Å². The zero-order valence-corrected chi connectivity index (χ0v) is 18.0. The van der Waals surface area contributed by atoms with Gasteiger partial charge in [0, 0.05) is 29.1 Å². The van der Waals surface area contributed by atoms with E-state index >= 15 is 0 Å². The number of hydrogen-bond acceptors (Lipinski definition) is 4. The van der Waals surface area contributed by atoms with E-state index in [1.54, 1.807) is 51.1 Å². The molecule has 0 unspecified atom stereocenters. The van der Waals surface area contributed by atoms with Crippen LogP contribution in [0.5, 0.6) is 5.88 Å². The molecular formula is C22H25ClF2N2O3. The van der Waals surface area contributed by atoms with Crippen LogP contribution < -0.4 is 4.74 Å². The third-order valence-corrected chi connectivity index (χ3v) is 4.94. The van der Waals surface area contributed by atoms with Crippen molar-refractivity contribution in [3.05, 3.63) is 58.5 Å². The van der Waals surface area contributed by atoms with Gasteiger partial charge in [0.15, 0.2) is 0 Å². The van der Waals surface area contributed by atoms with Gasteiger partial charge in [0.2, 0.25) is 5.88 Å². The molecule has 2 heterocycles. The fourth-order valence-electron chi connectivity index (χ4n) is 3.24. The minimum atomic E-state index is -1.28. The zero-order valence-electron chi connectivity index (χ0n) is 17.2. The largest absolute Gasteiger partial charge is 0.473 e. The highest BCUT2D eigenvalue weighted by molar-refractivity contribution is 6.30. The number of halogens is 3. The fourth-order valence-corrected chi connectivity index (χ4v) is 3.40. The number of carbonyl (C=O) groups is 1. The van der Waals surface area contributed by atoms with Crippen molar-refractivity contribution in [2.24, 2.45) is 0 Å². The van der Waals surface area contributed by atoms with E-state index in [1.165, 1.54) is 11.0 Å². The molecule has 0 aliphatic carbocycles. The molecule has 0 radical (unpaired) electrons. The summed E-state index contributed by atoms with van der Waals surface area (Å²) < 4.78 is 39.7. The van der Waals surface area contributed by atoms with Crippen molar-refractivity contribution in [2.45, 2.75) is 51.5 Å². The van der Waals surface area contributed by atoms with Gasteiger partial charge in [0.05, 0.1) is 12.2 Å². The van der Waals surface area contributed by atoms with E-state index in [1.807, 2.05) is 0 Å². The molecule has 2 aromatic rings. The molecule has 1 aliphatic heterocycles. The molecule has 1 aromatic heterocycles. The molecule has 162 valence electrons. The van der Waals surface area contributed by atoms with Gasteiger partial charge in [0.25, 0.3) is 0 Å². The third-order valence-electron chi connectivity index (χ3n) is 4.71. The summed E-state index contributed by atoms with van der Waals surface area (Å²) in [4.78, 5) is 18.0. The average Bonchev–Trinajstić information content (AvgIpc) is 2.66. The Morgan fingerprint density at radius 2 is 2.07 bits per heavy atom. The van der Waals surface area contributed by atoms with Crippen LogP contribution in [0.15, 0.2) is 36.4 Å². The number of hydrogen-bond donors (Lipinski definition) is 0. The predicted octanol–water partition coefficient (Wildman–Crippen LogP) is 5.52. The second-order valence-electron chi connectivity index (χ2n) is 8.26. The lowest BCUT2D eigenvalue weighted by atomic mass is 9.91. The Morgan fingerprint density at radius 3 is 2.73 bits per heavy atom. The summed E-state index contributed by atoms with van der Waals surface area (Å²) in [5.74, 6) is -0.639. The van der Waals surface area contributed by atoms with Crippen molar-refractivity contribution in [3.63, 3.8) is 0 Å². The molecule has 2 atom stereocenters. The van der Waals surface area contributed by atoms with E-state index in [4.69, 9.17) is 21.1 Å². The molecule has 1 amide bonds. The Kier molecular flexibility index (Phi) is 6.81. The summed E-state index contributed by atoms with van der Waals surface area (Å²) >= 11 is 5.75. The fraction of sp³-hybridized carbons (Fsp3) is 0.455. The lowest BCUT2D eigenvalue weighted by Crippen LogP contribution is -2.46. The molecule has 30 heavy (non-hydrogen) atoms. The standard InChI is InChI=1S/C22H25ClF2N2O3/c1-22(2,3)30-21(28)27-10-9-16(18(25)12-27)19-5-4-6-20(26-19)29-13-14-7-8-15(23)11-17(14)24/h4-8,11,16,18H,9-10,12-13H2,1-3H3/t16-,18-/m0/s1. The lowest BCUT2D eigenvalue weighted by molar-refractivity contribution is 0.0109. The molecule has 0 spiro atoms. The molecule has 1 aromatic carbocycles. The monoisotopic (exact) mass is 438 g/mol. The number of pyridine rings is 1. The van der Waals surface area contributed by atoms with E-state index in [9.17, 15) is 13.6 Å². The second-order valence-corrected chi connectivity index (χ2v) is 8.70. The first-order valence-corrected chi connectivity index (χ1v) is 10.2. The number of amides is 1. The van der Waals surface area contributed by atoms with Gasteiger partial charge < -0.3 is 14.4 Å². The number of likely N-dealkylation sites (tertiary alicyclic amines) is 1. The van der Waals surface area contributed by atoms with Crippen molar-refractivity contribution in [1.82, 2.24) is 9.88 Å². The van der Waals surface area contributed by atoms with E-state index in [0.717, 1.165) is 0 Å². The molecule has 3 rings (SSSR count). The summed E-state index contributed by atoms with van der Waals surface area (Å²) in [6.45, 7) is 5.63. The number of rotatable bonds is 4. The van der Waals surface area contributed by atoms with Crippen LogP contribution in [-0.4, -0.2) is 40.8 Å². The Balaban J connectivity index is 1.62. The molecule has 1 saturated heterocycles. The zero-order chi connectivity index (χ0) is 21.9. The number of nitrogens with zero attached hydrogens (tertiary/aromatic N) is 2. The quantitative estimate of drug-likeness (QED) is 0.631. The molecular weight excluding hydrogens is 414 g/mol. The first-order valence-electron chi connectivity index (χ1n) is 9.78. The van der Waals surface area contributed by atoms with Crippen LogP contribution in [0.1, 0.15) is 44.4 Å². The van der Waals surface area contributed by atoms with Gasteiger partial charge in [-0.25, -0.2) is 18.6 Å². The third kappa shape index (κ3) is 5.81. The van der Waals surface area contributed by atoms with Crippen molar-refractivity contribution in [2.75, 3.05) is 13.1 Å². The Hall–Kier alpha value is -2.41. The van der Waals surface area contributed by atoms with Crippen LogP contribution in [0.3, 0.4) is 0 Å². The Morgan fingerprint density at radius 1 is 1.30 bits per heavy atom. The summed E-state index contributed by atoms with van der Waals surface area (Å²) in [6, 6.07) is 9.44. The van der Waals surface area contributed by atoms with E-state index in [2.05, 4.69) is 4.98 Å². The number of ether oxygens (including phenoxy) is 2. The van der Waals surface area contributed by atoms with Crippen LogP contribution >= 0.6 is 11.6 Å². The van der Waals surface area contributed by atoms with Crippen LogP contribution in [0, 0.1) is 5.82 Å².